The maximum absolute atomic E-state index is 12.7. The molecule has 0 amide bonds. The van der Waals surface area contributed by atoms with Gasteiger partial charge in [-0.05, 0) is 19.1 Å². The molecule has 1 heterocycles. The second-order valence-electron chi connectivity index (χ2n) is 2.04. The molecule has 0 aliphatic carbocycles. The lowest BCUT2D eigenvalue weighted by Crippen LogP contribution is -1.89. The minimum atomic E-state index is -0.449. The lowest BCUT2D eigenvalue weighted by atomic mass is 10.2. The van der Waals surface area contributed by atoms with Crippen molar-refractivity contribution in [3.05, 3.63) is 35.9 Å². The second kappa shape index (κ2) is 2.60. The minimum Gasteiger partial charge on any atom is -0.225 e. The molecule has 0 bridgehead atoms. The Morgan fingerprint density at radius 2 is 2.30 bits per heavy atom. The number of halogens is 1. The van der Waals surface area contributed by atoms with Gasteiger partial charge >= 0.3 is 0 Å². The van der Waals surface area contributed by atoms with E-state index in [-0.39, 0.29) is 0 Å². The van der Waals surface area contributed by atoms with Gasteiger partial charge in [-0.3, -0.25) is 0 Å². The van der Waals surface area contributed by atoms with E-state index in [1.807, 2.05) is 0 Å². The molecule has 1 rings (SSSR count). The van der Waals surface area contributed by atoms with Crippen LogP contribution in [0.25, 0.3) is 6.08 Å². The fourth-order valence-electron chi connectivity index (χ4n) is 0.688. The Labute approximate surface area is 59.2 Å². The van der Waals surface area contributed by atoms with Crippen molar-refractivity contribution in [3.8, 4) is 0 Å². The number of rotatable bonds is 1. The molecule has 1 aromatic heterocycles. The van der Waals surface area contributed by atoms with Crippen molar-refractivity contribution in [1.82, 2.24) is 4.98 Å². The van der Waals surface area contributed by atoms with Crippen molar-refractivity contribution in [2.24, 2.45) is 0 Å². The number of aromatic nitrogens is 1. The standard InChI is InChI=1S/C8H8FN/c1-3-7-5-4-6(2)10-8(7)9/h3-5H,1H2,2H3. The van der Waals surface area contributed by atoms with Gasteiger partial charge in [0.05, 0.1) is 0 Å². The Hall–Kier alpha value is -1.18. The third kappa shape index (κ3) is 1.21. The van der Waals surface area contributed by atoms with Crippen LogP contribution in [0.5, 0.6) is 0 Å². The Kier molecular flexibility index (Phi) is 1.81. The van der Waals surface area contributed by atoms with Crippen molar-refractivity contribution in [2.45, 2.75) is 6.92 Å². The normalized spacial score (nSPS) is 9.40. The molecule has 0 unspecified atom stereocenters. The van der Waals surface area contributed by atoms with Crippen molar-refractivity contribution >= 4 is 6.08 Å². The molecule has 0 saturated heterocycles. The third-order valence-electron chi connectivity index (χ3n) is 1.24. The van der Waals surface area contributed by atoms with Crippen LogP contribution in [0.4, 0.5) is 4.39 Å². The average molecular weight is 137 g/mol. The van der Waals surface area contributed by atoms with Crippen LogP contribution in [0.15, 0.2) is 18.7 Å². The summed E-state index contributed by atoms with van der Waals surface area (Å²) in [4.78, 5) is 3.61. The molecule has 52 valence electrons. The van der Waals surface area contributed by atoms with Crippen molar-refractivity contribution in [2.75, 3.05) is 0 Å². The van der Waals surface area contributed by atoms with E-state index in [1.165, 1.54) is 6.08 Å². The molecule has 0 saturated carbocycles. The summed E-state index contributed by atoms with van der Waals surface area (Å²) in [5.41, 5.74) is 1.13. The zero-order chi connectivity index (χ0) is 7.56. The summed E-state index contributed by atoms with van der Waals surface area (Å²) in [6.45, 7) is 5.19. The van der Waals surface area contributed by atoms with E-state index >= 15 is 0 Å². The number of hydrogen-bond donors (Lipinski definition) is 0. The zero-order valence-electron chi connectivity index (χ0n) is 5.76. The third-order valence-corrected chi connectivity index (χ3v) is 1.24. The Bertz CT molecular complexity index is 255. The Morgan fingerprint density at radius 3 is 2.80 bits per heavy atom. The molecule has 10 heavy (non-hydrogen) atoms. The first kappa shape index (κ1) is 6.93. The van der Waals surface area contributed by atoms with Gasteiger partial charge in [-0.15, -0.1) is 0 Å². The lowest BCUT2D eigenvalue weighted by Gasteiger charge is -1.94. The van der Waals surface area contributed by atoms with Crippen molar-refractivity contribution in [1.29, 1.82) is 0 Å². The Balaban J connectivity index is 3.19. The summed E-state index contributed by atoms with van der Waals surface area (Å²) in [7, 11) is 0. The smallest absolute Gasteiger partial charge is 0.220 e. The highest BCUT2D eigenvalue weighted by atomic mass is 19.1. The van der Waals surface area contributed by atoms with E-state index in [2.05, 4.69) is 11.6 Å². The minimum absolute atomic E-state index is 0.449. The molecule has 2 heteroatoms. The summed E-state index contributed by atoms with van der Waals surface area (Å²) in [5.74, 6) is -0.449. The van der Waals surface area contributed by atoms with Gasteiger partial charge in [-0.1, -0.05) is 12.7 Å². The summed E-state index contributed by atoms with van der Waals surface area (Å²) < 4.78 is 12.7. The number of aryl methyl sites for hydroxylation is 1. The van der Waals surface area contributed by atoms with E-state index in [4.69, 9.17) is 0 Å². The first-order chi connectivity index (χ1) is 4.74. The molecular formula is C8H8FN. The largest absolute Gasteiger partial charge is 0.225 e. The molecule has 0 aliphatic rings. The van der Waals surface area contributed by atoms with E-state index in [1.54, 1.807) is 19.1 Å². The van der Waals surface area contributed by atoms with Gasteiger partial charge in [0.25, 0.3) is 0 Å². The molecular weight excluding hydrogens is 129 g/mol. The highest BCUT2D eigenvalue weighted by Crippen LogP contribution is 2.05. The number of nitrogens with zero attached hydrogens (tertiary/aromatic N) is 1. The quantitative estimate of drug-likeness (QED) is 0.540. The zero-order valence-corrected chi connectivity index (χ0v) is 5.76. The van der Waals surface area contributed by atoms with Crippen molar-refractivity contribution < 1.29 is 4.39 Å². The molecule has 1 aromatic rings. The number of pyridine rings is 1. The first-order valence-corrected chi connectivity index (χ1v) is 2.99. The second-order valence-corrected chi connectivity index (χ2v) is 2.04. The summed E-state index contributed by atoms with van der Waals surface area (Å²) in [6, 6.07) is 3.41. The van der Waals surface area contributed by atoms with Crippen LogP contribution in [-0.2, 0) is 0 Å². The van der Waals surface area contributed by atoms with Crippen molar-refractivity contribution in [3.63, 3.8) is 0 Å². The van der Waals surface area contributed by atoms with Crippen LogP contribution in [0.3, 0.4) is 0 Å². The van der Waals surface area contributed by atoms with Crippen LogP contribution in [0, 0.1) is 12.9 Å². The van der Waals surface area contributed by atoms with Gasteiger partial charge in [0, 0.05) is 11.3 Å². The first-order valence-electron chi connectivity index (χ1n) is 2.99. The maximum atomic E-state index is 12.7. The van der Waals surface area contributed by atoms with Gasteiger partial charge in [0.15, 0.2) is 0 Å². The monoisotopic (exact) mass is 137 g/mol. The fourth-order valence-corrected chi connectivity index (χ4v) is 0.688. The SMILES string of the molecule is C=Cc1ccc(C)nc1F. The van der Waals surface area contributed by atoms with Crippen LogP contribution < -0.4 is 0 Å². The average Bonchev–Trinajstić information content (AvgIpc) is 1.88. The van der Waals surface area contributed by atoms with Crippen LogP contribution in [0.1, 0.15) is 11.3 Å². The fraction of sp³-hybridized carbons (Fsp3) is 0.125. The van der Waals surface area contributed by atoms with Crippen LogP contribution >= 0.6 is 0 Å². The lowest BCUT2D eigenvalue weighted by molar-refractivity contribution is 0.577. The predicted molar refractivity (Wildman–Crippen MR) is 39.0 cm³/mol. The summed E-state index contributed by atoms with van der Waals surface area (Å²) in [6.07, 6.45) is 1.45. The van der Waals surface area contributed by atoms with Gasteiger partial charge in [-0.25, -0.2) is 4.98 Å². The topological polar surface area (TPSA) is 12.9 Å². The molecule has 0 radical (unpaired) electrons. The molecule has 1 nitrogen and oxygen atoms in total. The van der Waals surface area contributed by atoms with Gasteiger partial charge in [-0.2, -0.15) is 4.39 Å². The molecule has 0 spiro atoms. The van der Waals surface area contributed by atoms with E-state index in [9.17, 15) is 4.39 Å². The molecule has 0 aromatic carbocycles. The summed E-state index contributed by atoms with van der Waals surface area (Å²) >= 11 is 0. The Morgan fingerprint density at radius 1 is 1.60 bits per heavy atom. The van der Waals surface area contributed by atoms with Gasteiger partial charge < -0.3 is 0 Å². The van der Waals surface area contributed by atoms with Crippen LogP contribution in [-0.4, -0.2) is 4.98 Å². The summed E-state index contributed by atoms with van der Waals surface area (Å²) in [5, 5.41) is 0. The molecule has 0 N–H and O–H groups in total. The van der Waals surface area contributed by atoms with Crippen LogP contribution in [0.2, 0.25) is 0 Å². The number of hydrogen-bond acceptors (Lipinski definition) is 1. The highest BCUT2D eigenvalue weighted by Gasteiger charge is 1.97. The van der Waals surface area contributed by atoms with Gasteiger partial charge in [0.2, 0.25) is 5.95 Å². The van der Waals surface area contributed by atoms with Gasteiger partial charge in [0.1, 0.15) is 0 Å². The highest BCUT2D eigenvalue weighted by molar-refractivity contribution is 5.45. The molecule has 0 fully saturated rings. The maximum Gasteiger partial charge on any atom is 0.220 e. The predicted octanol–water partition coefficient (Wildman–Crippen LogP) is 2.17. The van der Waals surface area contributed by atoms with E-state index in [0.717, 1.165) is 0 Å². The molecule has 0 aliphatic heterocycles. The van der Waals surface area contributed by atoms with E-state index < -0.39 is 5.95 Å². The molecule has 0 atom stereocenters. The van der Waals surface area contributed by atoms with E-state index in [0.29, 0.717) is 11.3 Å².